The molecule has 2 aliphatic heterocycles. The van der Waals surface area contributed by atoms with Crippen molar-refractivity contribution in [2.24, 2.45) is 0 Å². The molecule has 0 bridgehead atoms. The molecule has 9 nitrogen and oxygen atoms in total. The van der Waals surface area contributed by atoms with Crippen LogP contribution in [0, 0.1) is 0 Å². The van der Waals surface area contributed by atoms with E-state index in [2.05, 4.69) is 25.4 Å². The highest BCUT2D eigenvalue weighted by Crippen LogP contribution is 2.36. The lowest BCUT2D eigenvalue weighted by atomic mass is 10.1. The van der Waals surface area contributed by atoms with E-state index in [4.69, 9.17) is 9.47 Å². The highest BCUT2D eigenvalue weighted by atomic mass is 19.4. The van der Waals surface area contributed by atoms with Gasteiger partial charge >= 0.3 is 6.18 Å². The Labute approximate surface area is 194 Å². The third-order valence-corrected chi connectivity index (χ3v) is 6.10. The number of anilines is 1. The number of halogens is 3. The van der Waals surface area contributed by atoms with Crippen molar-refractivity contribution in [1.82, 2.24) is 30.1 Å². The number of hydrogen-bond acceptors (Lipinski definition) is 8. The van der Waals surface area contributed by atoms with E-state index in [1.807, 2.05) is 25.1 Å². The molecule has 0 aliphatic carbocycles. The third-order valence-electron chi connectivity index (χ3n) is 6.10. The summed E-state index contributed by atoms with van der Waals surface area (Å²) in [4.78, 5) is 7.92. The molecule has 1 unspecified atom stereocenters. The van der Waals surface area contributed by atoms with Crippen LogP contribution >= 0.6 is 0 Å². The molecule has 1 aromatic carbocycles. The monoisotopic (exact) mass is 475 g/mol. The van der Waals surface area contributed by atoms with E-state index in [0.717, 1.165) is 18.2 Å². The summed E-state index contributed by atoms with van der Waals surface area (Å²) in [6.07, 6.45) is -2.31. The summed E-state index contributed by atoms with van der Waals surface area (Å²) in [7, 11) is 0. The van der Waals surface area contributed by atoms with Crippen LogP contribution in [0.2, 0.25) is 0 Å². The molecule has 0 N–H and O–H groups in total. The molecule has 0 saturated carbocycles. The molecule has 180 valence electrons. The van der Waals surface area contributed by atoms with E-state index in [1.54, 1.807) is 9.58 Å². The molecule has 0 amide bonds. The van der Waals surface area contributed by atoms with E-state index >= 15 is 0 Å². The van der Waals surface area contributed by atoms with E-state index in [-0.39, 0.29) is 11.9 Å². The maximum Gasteiger partial charge on any atom is 0.419 e. The second kappa shape index (κ2) is 9.09. The van der Waals surface area contributed by atoms with Crippen molar-refractivity contribution in [3.05, 3.63) is 47.9 Å². The summed E-state index contributed by atoms with van der Waals surface area (Å²) in [6, 6.07) is 7.84. The number of benzene rings is 1. The van der Waals surface area contributed by atoms with Gasteiger partial charge in [-0.2, -0.15) is 17.9 Å². The lowest BCUT2D eigenvalue weighted by Gasteiger charge is -2.39. The number of rotatable bonds is 5. The Bertz CT molecular complexity index is 1150. The van der Waals surface area contributed by atoms with Gasteiger partial charge in [-0.05, 0) is 41.1 Å². The quantitative estimate of drug-likeness (QED) is 0.557. The molecule has 4 heterocycles. The number of aromatic nitrogens is 5. The smallest absolute Gasteiger partial charge is 0.419 e. The average Bonchev–Trinajstić information content (AvgIpc) is 3.34. The normalized spacial score (nSPS) is 17.6. The van der Waals surface area contributed by atoms with Gasteiger partial charge < -0.3 is 14.4 Å². The zero-order valence-electron chi connectivity index (χ0n) is 18.6. The maximum absolute atomic E-state index is 13.4. The summed E-state index contributed by atoms with van der Waals surface area (Å²) in [5, 5.41) is 12.4. The summed E-state index contributed by atoms with van der Waals surface area (Å²) >= 11 is 0. The zero-order valence-corrected chi connectivity index (χ0v) is 18.6. The van der Waals surface area contributed by atoms with Crippen LogP contribution in [0.4, 0.5) is 19.0 Å². The van der Waals surface area contributed by atoms with Crippen LogP contribution in [0.3, 0.4) is 0 Å². The SMILES string of the molecule is CCC(c1nnnn1-c1ccc2c(c1)OCCO2)N1CCN(c2ncccc2C(F)(F)F)CC1. The Balaban J connectivity index is 1.34. The topological polar surface area (TPSA) is 81.4 Å². The van der Waals surface area contributed by atoms with Gasteiger partial charge in [-0.15, -0.1) is 5.10 Å². The largest absolute Gasteiger partial charge is 0.486 e. The first kappa shape index (κ1) is 22.4. The fourth-order valence-corrected chi connectivity index (χ4v) is 4.47. The molecule has 1 fully saturated rings. The van der Waals surface area contributed by atoms with Gasteiger partial charge in [0.1, 0.15) is 19.0 Å². The second-order valence-electron chi connectivity index (χ2n) is 8.10. The van der Waals surface area contributed by atoms with Gasteiger partial charge in [-0.25, -0.2) is 4.98 Å². The molecule has 0 spiro atoms. The van der Waals surface area contributed by atoms with Crippen LogP contribution in [-0.4, -0.2) is 69.5 Å². The lowest BCUT2D eigenvalue weighted by Crippen LogP contribution is -2.48. The van der Waals surface area contributed by atoms with Crippen LogP contribution < -0.4 is 14.4 Å². The Morgan fingerprint density at radius 2 is 1.79 bits per heavy atom. The van der Waals surface area contributed by atoms with Crippen LogP contribution in [-0.2, 0) is 6.18 Å². The minimum Gasteiger partial charge on any atom is -0.486 e. The van der Waals surface area contributed by atoms with Crippen molar-refractivity contribution in [3.63, 3.8) is 0 Å². The average molecular weight is 475 g/mol. The first-order valence-corrected chi connectivity index (χ1v) is 11.1. The molecule has 0 radical (unpaired) electrons. The number of hydrogen-bond donors (Lipinski definition) is 0. The molecule has 1 saturated heterocycles. The number of pyridine rings is 1. The van der Waals surface area contributed by atoms with E-state index in [9.17, 15) is 13.2 Å². The minimum absolute atomic E-state index is 0.0242. The number of alkyl halides is 3. The van der Waals surface area contributed by atoms with Crippen molar-refractivity contribution >= 4 is 5.82 Å². The molecule has 3 aromatic rings. The van der Waals surface area contributed by atoms with Gasteiger partial charge in [-0.1, -0.05) is 6.92 Å². The first-order chi connectivity index (χ1) is 16.5. The lowest BCUT2D eigenvalue weighted by molar-refractivity contribution is -0.137. The van der Waals surface area contributed by atoms with Gasteiger partial charge in [0.05, 0.1) is 17.3 Å². The first-order valence-electron chi connectivity index (χ1n) is 11.1. The number of tetrazole rings is 1. The number of piperazine rings is 1. The molecule has 1 atom stereocenters. The van der Waals surface area contributed by atoms with E-state index in [0.29, 0.717) is 56.7 Å². The van der Waals surface area contributed by atoms with Crippen molar-refractivity contribution in [1.29, 1.82) is 0 Å². The van der Waals surface area contributed by atoms with Crippen molar-refractivity contribution in [2.45, 2.75) is 25.6 Å². The van der Waals surface area contributed by atoms with Gasteiger partial charge in [-0.3, -0.25) is 4.90 Å². The summed E-state index contributed by atoms with van der Waals surface area (Å²) < 4.78 is 53.3. The van der Waals surface area contributed by atoms with Crippen LogP contribution in [0.1, 0.15) is 30.8 Å². The molecule has 5 rings (SSSR count). The van der Waals surface area contributed by atoms with Gasteiger partial charge in [0.15, 0.2) is 17.3 Å². The standard InChI is InChI=1S/C22H24F3N7O2/c1-2-17(21-27-28-29-32(21)15-5-6-18-19(14-15)34-13-12-33-18)30-8-10-31(11-9-30)20-16(22(23,24)25)4-3-7-26-20/h3-7,14,17H,2,8-13H2,1H3. The molecular weight excluding hydrogens is 451 g/mol. The predicted molar refractivity (Wildman–Crippen MR) is 116 cm³/mol. The molecule has 34 heavy (non-hydrogen) atoms. The Morgan fingerprint density at radius 1 is 1.03 bits per heavy atom. The summed E-state index contributed by atoms with van der Waals surface area (Å²) in [6.45, 7) is 4.98. The third kappa shape index (κ3) is 4.25. The predicted octanol–water partition coefficient (Wildman–Crippen LogP) is 3.12. The number of fused-ring (bicyclic) bond motifs is 1. The van der Waals surface area contributed by atoms with Gasteiger partial charge in [0, 0.05) is 38.4 Å². The highest BCUT2D eigenvalue weighted by molar-refractivity contribution is 5.50. The number of ether oxygens (including phenoxy) is 2. The maximum atomic E-state index is 13.4. The van der Waals surface area contributed by atoms with Crippen molar-refractivity contribution in [3.8, 4) is 17.2 Å². The number of nitrogens with zero attached hydrogens (tertiary/aromatic N) is 7. The van der Waals surface area contributed by atoms with Crippen LogP contribution in [0.5, 0.6) is 11.5 Å². The summed E-state index contributed by atoms with van der Waals surface area (Å²) in [5.74, 6) is 1.97. The molecule has 2 aliphatic rings. The Morgan fingerprint density at radius 3 is 2.53 bits per heavy atom. The van der Waals surface area contributed by atoms with Gasteiger partial charge in [0.25, 0.3) is 0 Å². The highest BCUT2D eigenvalue weighted by Gasteiger charge is 2.37. The fraction of sp³-hybridized carbons (Fsp3) is 0.455. The Kier molecular flexibility index (Phi) is 5.98. The summed E-state index contributed by atoms with van der Waals surface area (Å²) in [5.41, 5.74) is 0.0442. The zero-order chi connectivity index (χ0) is 23.7. The minimum atomic E-state index is -4.45. The van der Waals surface area contributed by atoms with Crippen LogP contribution in [0.15, 0.2) is 36.5 Å². The van der Waals surface area contributed by atoms with E-state index in [1.165, 1.54) is 12.3 Å². The van der Waals surface area contributed by atoms with E-state index < -0.39 is 11.7 Å². The Hall–Kier alpha value is -3.41. The molecule has 12 heteroatoms. The van der Waals surface area contributed by atoms with Crippen molar-refractivity contribution < 1.29 is 22.6 Å². The molecule has 2 aromatic heterocycles. The molecular formula is C22H24F3N7O2. The van der Waals surface area contributed by atoms with Crippen molar-refractivity contribution in [2.75, 3.05) is 44.3 Å². The van der Waals surface area contributed by atoms with Crippen LogP contribution in [0.25, 0.3) is 5.69 Å². The van der Waals surface area contributed by atoms with Gasteiger partial charge in [0.2, 0.25) is 0 Å². The second-order valence-corrected chi connectivity index (χ2v) is 8.10. The fourth-order valence-electron chi connectivity index (χ4n) is 4.47.